The summed E-state index contributed by atoms with van der Waals surface area (Å²) >= 11 is 0. The van der Waals surface area contributed by atoms with Gasteiger partial charge in [0.2, 0.25) is 11.4 Å². The zero-order valence-corrected chi connectivity index (χ0v) is 17.7. The van der Waals surface area contributed by atoms with Crippen molar-refractivity contribution in [3.8, 4) is 0 Å². The molecule has 0 spiro atoms. The second-order valence-electron chi connectivity index (χ2n) is 7.17. The largest absolute Gasteiger partial charge is 0.493 e. The van der Waals surface area contributed by atoms with Crippen molar-refractivity contribution in [3.05, 3.63) is 101 Å². The third-order valence-electron chi connectivity index (χ3n) is 5.06. The third kappa shape index (κ3) is 4.77. The van der Waals surface area contributed by atoms with Gasteiger partial charge in [0.25, 0.3) is 0 Å². The smallest absolute Gasteiger partial charge is 0.211 e. The fourth-order valence-electron chi connectivity index (χ4n) is 3.63. The van der Waals surface area contributed by atoms with Crippen molar-refractivity contribution in [2.45, 2.75) is 46.0 Å². The monoisotopic (exact) mass is 414 g/mol. The van der Waals surface area contributed by atoms with Gasteiger partial charge in [0.1, 0.15) is 0 Å². The molecule has 0 bridgehead atoms. The number of hydrogen-bond donors (Lipinski definition) is 0. The van der Waals surface area contributed by atoms with Crippen LogP contribution in [0.2, 0.25) is 0 Å². The molecule has 0 N–H and O–H groups in total. The average Bonchev–Trinajstić information content (AvgIpc) is 3.01. The summed E-state index contributed by atoms with van der Waals surface area (Å²) in [6.07, 6.45) is 9.17. The van der Waals surface area contributed by atoms with E-state index in [2.05, 4.69) is 69.0 Å². The van der Waals surface area contributed by atoms with Crippen LogP contribution in [0.4, 0.5) is 0 Å². The average molecular weight is 415 g/mol. The molecule has 0 unspecified atom stereocenters. The Kier molecular flexibility index (Phi) is 8.14. The minimum atomic E-state index is 0. The molecule has 3 rings (SSSR count). The number of unbranched alkanes of at least 4 members (excludes halogenated alkanes) is 1. The van der Waals surface area contributed by atoms with Crippen molar-refractivity contribution < 1.29 is 21.2 Å². The quantitative estimate of drug-likeness (QED) is 0.250. The predicted octanol–water partition coefficient (Wildman–Crippen LogP) is 7.10. The van der Waals surface area contributed by atoms with Crippen molar-refractivity contribution in [2.24, 2.45) is 0 Å². The van der Waals surface area contributed by atoms with Crippen LogP contribution >= 0.6 is 0 Å². The van der Waals surface area contributed by atoms with Gasteiger partial charge in [0.15, 0.2) is 0 Å². The van der Waals surface area contributed by atoms with Crippen molar-refractivity contribution >= 4 is 11.4 Å². The molecule has 1 aliphatic rings. The Labute approximate surface area is 179 Å². The number of allylic oxidation sites excluding steroid dienone is 3. The van der Waals surface area contributed by atoms with Gasteiger partial charge in [-0.2, -0.15) is 0 Å². The van der Waals surface area contributed by atoms with Gasteiger partial charge in [0, 0.05) is 39.3 Å². The number of rotatable bonds is 8. The molecule has 0 radical (unpaired) electrons. The molecule has 2 aromatic rings. The van der Waals surface area contributed by atoms with Crippen LogP contribution in [0, 0.1) is 6.92 Å². The Balaban J connectivity index is 0.00000280. The van der Waals surface area contributed by atoms with Gasteiger partial charge >= 0.3 is 0 Å². The first kappa shape index (κ1) is 22.0. The molecule has 0 aliphatic carbocycles. The number of hydrogen-bond acceptors (Lipinski definition) is 0. The standard InChI is InChI=1S/C25H28N2.Ni/c1-4-6-12-20-14-8-9-16-23(20)25-22(13-7-5-2)18-24(27(25)26)21-15-10-11-19(3)17-21;/h4,8-11,14-18H,1,5-7,12-13H2,2-3H3;. The van der Waals surface area contributed by atoms with Gasteiger partial charge in [-0.3, -0.25) is 0 Å². The molecule has 1 aliphatic heterocycles. The predicted molar refractivity (Wildman–Crippen MR) is 114 cm³/mol. The molecule has 0 saturated heterocycles. The van der Waals surface area contributed by atoms with Crippen LogP contribution in [0.3, 0.4) is 0 Å². The van der Waals surface area contributed by atoms with Gasteiger partial charge < -0.3 is 5.53 Å². The number of benzene rings is 2. The molecule has 2 aromatic carbocycles. The Morgan fingerprint density at radius 3 is 2.57 bits per heavy atom. The minimum absolute atomic E-state index is 0. The van der Waals surface area contributed by atoms with Gasteiger partial charge in [-0.1, -0.05) is 55.3 Å². The molecule has 148 valence electrons. The van der Waals surface area contributed by atoms with E-state index in [0.29, 0.717) is 0 Å². The van der Waals surface area contributed by atoms with E-state index in [-0.39, 0.29) is 16.5 Å². The molecule has 0 fully saturated rings. The molecule has 0 aromatic heterocycles. The van der Waals surface area contributed by atoms with Crippen LogP contribution in [0.1, 0.15) is 54.9 Å². The van der Waals surface area contributed by atoms with Gasteiger partial charge in [-0.05, 0) is 56.4 Å². The first-order chi connectivity index (χ1) is 13.2. The van der Waals surface area contributed by atoms with E-state index in [0.717, 1.165) is 54.6 Å². The molecule has 2 nitrogen and oxygen atoms in total. The van der Waals surface area contributed by atoms with Crippen molar-refractivity contribution in [2.75, 3.05) is 0 Å². The van der Waals surface area contributed by atoms with E-state index in [4.69, 9.17) is 0 Å². The summed E-state index contributed by atoms with van der Waals surface area (Å²) in [4.78, 5) is 0. The summed E-state index contributed by atoms with van der Waals surface area (Å²) in [5.41, 5.74) is 18.8. The maximum Gasteiger partial charge on any atom is 0.211 e. The van der Waals surface area contributed by atoms with Crippen LogP contribution in [0.5, 0.6) is 0 Å². The molecule has 28 heavy (non-hydrogen) atoms. The summed E-state index contributed by atoms with van der Waals surface area (Å²) in [5, 5.41) is 0. The third-order valence-corrected chi connectivity index (χ3v) is 5.06. The first-order valence-electron chi connectivity index (χ1n) is 9.85. The SMILES string of the molecule is C=CCCc1ccccc1C1=C(CCCC)C=C(c2cccc(C)c2)[N+]1=[N-].[Ni]. The van der Waals surface area contributed by atoms with Crippen LogP contribution in [-0.2, 0) is 22.9 Å². The molecule has 0 amide bonds. The first-order valence-corrected chi connectivity index (χ1v) is 9.85. The number of aryl methyl sites for hydroxylation is 2. The maximum absolute atomic E-state index is 11.2. The molecular weight excluding hydrogens is 387 g/mol. The second-order valence-corrected chi connectivity index (χ2v) is 7.17. The van der Waals surface area contributed by atoms with E-state index >= 15 is 0 Å². The molecule has 3 heteroatoms. The molecule has 0 atom stereocenters. The van der Waals surface area contributed by atoms with Gasteiger partial charge in [-0.25, -0.2) is 4.70 Å². The zero-order valence-electron chi connectivity index (χ0n) is 16.7. The Bertz CT molecular complexity index is 922. The topological polar surface area (TPSA) is 25.3 Å². The van der Waals surface area contributed by atoms with E-state index in [9.17, 15) is 5.53 Å². The van der Waals surface area contributed by atoms with Gasteiger partial charge in [-0.15, -0.1) is 6.58 Å². The van der Waals surface area contributed by atoms with E-state index in [1.54, 1.807) is 0 Å². The van der Waals surface area contributed by atoms with Crippen LogP contribution in [0.15, 0.2) is 72.8 Å². The van der Waals surface area contributed by atoms with Gasteiger partial charge in [0.05, 0.1) is 0 Å². The molecule has 1 heterocycles. The molecule has 0 saturated carbocycles. The van der Waals surface area contributed by atoms with E-state index in [1.165, 1.54) is 21.4 Å². The normalized spacial score (nSPS) is 13.4. The summed E-state index contributed by atoms with van der Waals surface area (Å²) in [5.74, 6) is 0. The summed E-state index contributed by atoms with van der Waals surface area (Å²) in [7, 11) is 0. The Morgan fingerprint density at radius 2 is 1.86 bits per heavy atom. The Morgan fingerprint density at radius 1 is 1.07 bits per heavy atom. The number of nitrogens with zero attached hydrogens (tertiary/aromatic N) is 2. The summed E-state index contributed by atoms with van der Waals surface area (Å²) < 4.78 is 1.40. The zero-order chi connectivity index (χ0) is 19.2. The second kappa shape index (κ2) is 10.3. The van der Waals surface area contributed by atoms with Crippen molar-refractivity contribution in [1.82, 2.24) is 0 Å². The van der Waals surface area contributed by atoms with Crippen molar-refractivity contribution in [3.63, 3.8) is 0 Å². The Hall–Kier alpha value is -2.25. The van der Waals surface area contributed by atoms with Crippen LogP contribution < -0.4 is 0 Å². The summed E-state index contributed by atoms with van der Waals surface area (Å²) in [6, 6.07) is 16.7. The van der Waals surface area contributed by atoms with Crippen LogP contribution in [0.25, 0.3) is 16.9 Å². The maximum atomic E-state index is 11.2. The van der Waals surface area contributed by atoms with E-state index in [1.807, 2.05) is 12.1 Å². The summed E-state index contributed by atoms with van der Waals surface area (Å²) in [6.45, 7) is 8.14. The fraction of sp³-hybridized carbons (Fsp3) is 0.280. The van der Waals surface area contributed by atoms with Crippen molar-refractivity contribution in [1.29, 1.82) is 0 Å². The van der Waals surface area contributed by atoms with Crippen LogP contribution in [-0.4, -0.2) is 4.70 Å². The fourth-order valence-corrected chi connectivity index (χ4v) is 3.63. The molecular formula is C25H28N2Ni. The van der Waals surface area contributed by atoms with E-state index < -0.39 is 0 Å². The minimum Gasteiger partial charge on any atom is -0.493 e.